The lowest BCUT2D eigenvalue weighted by Crippen LogP contribution is -2.45. The number of hydrogen-bond donors (Lipinski definition) is 2. The molecular formula is C12H20N2O4. The minimum atomic E-state index is -1.02. The molecule has 1 rings (SSSR count). The molecular weight excluding hydrogens is 236 g/mol. The SMILES string of the molecule is CCCCC(NC(=O)CN1CCCC1=O)C(=O)O. The molecule has 2 amide bonds. The van der Waals surface area contributed by atoms with Gasteiger partial charge in [-0.15, -0.1) is 0 Å². The maximum absolute atomic E-state index is 11.7. The van der Waals surface area contributed by atoms with Crippen LogP contribution in [0.3, 0.4) is 0 Å². The van der Waals surface area contributed by atoms with Crippen LogP contribution >= 0.6 is 0 Å². The molecule has 102 valence electrons. The minimum Gasteiger partial charge on any atom is -0.480 e. The number of nitrogens with one attached hydrogen (secondary N) is 1. The van der Waals surface area contributed by atoms with Crippen LogP contribution in [0, 0.1) is 0 Å². The Morgan fingerprint density at radius 2 is 2.22 bits per heavy atom. The topological polar surface area (TPSA) is 86.7 Å². The first-order chi connectivity index (χ1) is 8.54. The predicted molar refractivity (Wildman–Crippen MR) is 64.9 cm³/mol. The number of carboxylic acid groups (broad SMARTS) is 1. The molecule has 1 aliphatic rings. The van der Waals surface area contributed by atoms with Gasteiger partial charge in [0, 0.05) is 13.0 Å². The highest BCUT2D eigenvalue weighted by molar-refractivity contribution is 5.88. The van der Waals surface area contributed by atoms with E-state index in [1.165, 1.54) is 4.90 Å². The fraction of sp³-hybridized carbons (Fsp3) is 0.750. The van der Waals surface area contributed by atoms with Crippen LogP contribution in [0.4, 0.5) is 0 Å². The zero-order chi connectivity index (χ0) is 13.5. The van der Waals surface area contributed by atoms with E-state index in [2.05, 4.69) is 5.32 Å². The molecule has 1 fully saturated rings. The average molecular weight is 256 g/mol. The Labute approximate surface area is 106 Å². The summed E-state index contributed by atoms with van der Waals surface area (Å²) in [6.07, 6.45) is 3.30. The standard InChI is InChI=1S/C12H20N2O4/c1-2-3-5-9(12(17)18)13-10(15)8-14-7-4-6-11(14)16/h9H,2-8H2,1H3,(H,13,15)(H,17,18). The van der Waals surface area contributed by atoms with Crippen LogP contribution in [0.2, 0.25) is 0 Å². The van der Waals surface area contributed by atoms with Gasteiger partial charge < -0.3 is 15.3 Å². The first-order valence-electron chi connectivity index (χ1n) is 6.34. The number of unbranched alkanes of at least 4 members (excludes halogenated alkanes) is 1. The number of carbonyl (C=O) groups is 3. The van der Waals surface area contributed by atoms with E-state index in [9.17, 15) is 14.4 Å². The zero-order valence-corrected chi connectivity index (χ0v) is 10.6. The summed E-state index contributed by atoms with van der Waals surface area (Å²) in [5.41, 5.74) is 0. The molecule has 2 N–H and O–H groups in total. The molecule has 0 aromatic heterocycles. The molecule has 0 aliphatic carbocycles. The Kier molecular flexibility index (Phi) is 5.61. The summed E-state index contributed by atoms with van der Waals surface area (Å²) in [5.74, 6) is -1.45. The molecule has 0 aromatic carbocycles. The van der Waals surface area contributed by atoms with Crippen LogP contribution in [-0.4, -0.2) is 46.9 Å². The van der Waals surface area contributed by atoms with Crippen molar-refractivity contribution in [3.63, 3.8) is 0 Å². The fourth-order valence-electron chi connectivity index (χ4n) is 1.95. The highest BCUT2D eigenvalue weighted by atomic mass is 16.4. The summed E-state index contributed by atoms with van der Waals surface area (Å²) in [6, 6.07) is -0.852. The van der Waals surface area contributed by atoms with Gasteiger partial charge in [-0.1, -0.05) is 19.8 Å². The largest absolute Gasteiger partial charge is 0.480 e. The quantitative estimate of drug-likeness (QED) is 0.689. The number of likely N-dealkylation sites (tertiary alicyclic amines) is 1. The molecule has 1 heterocycles. The van der Waals surface area contributed by atoms with E-state index in [4.69, 9.17) is 5.11 Å². The molecule has 0 radical (unpaired) electrons. The minimum absolute atomic E-state index is 0.0330. The van der Waals surface area contributed by atoms with Crippen LogP contribution in [-0.2, 0) is 14.4 Å². The second kappa shape index (κ2) is 6.98. The lowest BCUT2D eigenvalue weighted by Gasteiger charge is -2.18. The third-order valence-electron chi connectivity index (χ3n) is 2.99. The Hall–Kier alpha value is -1.59. The van der Waals surface area contributed by atoms with Crippen molar-refractivity contribution in [1.29, 1.82) is 0 Å². The highest BCUT2D eigenvalue weighted by Gasteiger charge is 2.25. The number of amides is 2. The summed E-state index contributed by atoms with van der Waals surface area (Å²) in [4.78, 5) is 35.4. The number of hydrogen-bond acceptors (Lipinski definition) is 3. The van der Waals surface area contributed by atoms with Crippen molar-refractivity contribution >= 4 is 17.8 Å². The molecule has 1 atom stereocenters. The second-order valence-electron chi connectivity index (χ2n) is 4.52. The molecule has 0 bridgehead atoms. The fourth-order valence-corrected chi connectivity index (χ4v) is 1.95. The summed E-state index contributed by atoms with van der Waals surface area (Å²) in [5, 5.41) is 11.4. The van der Waals surface area contributed by atoms with Gasteiger partial charge in [0.2, 0.25) is 11.8 Å². The van der Waals surface area contributed by atoms with Crippen LogP contribution in [0.15, 0.2) is 0 Å². The van der Waals surface area contributed by atoms with Gasteiger partial charge in [-0.05, 0) is 12.8 Å². The lowest BCUT2D eigenvalue weighted by molar-refractivity contribution is -0.142. The van der Waals surface area contributed by atoms with Crippen LogP contribution in [0.1, 0.15) is 39.0 Å². The molecule has 0 spiro atoms. The lowest BCUT2D eigenvalue weighted by atomic mass is 10.1. The van der Waals surface area contributed by atoms with E-state index in [0.717, 1.165) is 19.3 Å². The Morgan fingerprint density at radius 3 is 2.72 bits per heavy atom. The predicted octanol–water partition coefficient (Wildman–Crippen LogP) is 0.368. The number of carboxylic acids is 1. The number of aliphatic carboxylic acids is 1. The van der Waals surface area contributed by atoms with Gasteiger partial charge in [-0.3, -0.25) is 9.59 Å². The Bertz CT molecular complexity index is 330. The van der Waals surface area contributed by atoms with Crippen molar-refractivity contribution in [2.75, 3.05) is 13.1 Å². The molecule has 6 nitrogen and oxygen atoms in total. The highest BCUT2D eigenvalue weighted by Crippen LogP contribution is 2.08. The summed E-state index contributed by atoms with van der Waals surface area (Å²) < 4.78 is 0. The number of nitrogens with zero attached hydrogens (tertiary/aromatic N) is 1. The molecule has 1 aliphatic heterocycles. The van der Waals surface area contributed by atoms with E-state index in [0.29, 0.717) is 19.4 Å². The molecule has 1 saturated heterocycles. The van der Waals surface area contributed by atoms with Gasteiger partial charge in [0.05, 0.1) is 6.54 Å². The Morgan fingerprint density at radius 1 is 1.50 bits per heavy atom. The van der Waals surface area contributed by atoms with E-state index in [-0.39, 0.29) is 12.5 Å². The van der Waals surface area contributed by atoms with Gasteiger partial charge in [0.15, 0.2) is 0 Å². The van der Waals surface area contributed by atoms with Gasteiger partial charge in [-0.25, -0.2) is 4.79 Å². The summed E-state index contributed by atoms with van der Waals surface area (Å²) in [7, 11) is 0. The van der Waals surface area contributed by atoms with Crippen molar-refractivity contribution in [2.45, 2.75) is 45.1 Å². The van der Waals surface area contributed by atoms with E-state index < -0.39 is 17.9 Å². The van der Waals surface area contributed by atoms with Gasteiger partial charge in [0.25, 0.3) is 0 Å². The van der Waals surface area contributed by atoms with Crippen LogP contribution in [0.5, 0.6) is 0 Å². The van der Waals surface area contributed by atoms with Crippen molar-refractivity contribution in [3.8, 4) is 0 Å². The maximum Gasteiger partial charge on any atom is 0.326 e. The molecule has 0 saturated carbocycles. The zero-order valence-electron chi connectivity index (χ0n) is 10.6. The molecule has 0 aromatic rings. The summed E-state index contributed by atoms with van der Waals surface area (Å²) in [6.45, 7) is 2.51. The van der Waals surface area contributed by atoms with Crippen molar-refractivity contribution in [1.82, 2.24) is 10.2 Å². The average Bonchev–Trinajstić information content (AvgIpc) is 2.70. The van der Waals surface area contributed by atoms with E-state index >= 15 is 0 Å². The molecule has 18 heavy (non-hydrogen) atoms. The van der Waals surface area contributed by atoms with Gasteiger partial charge in [0.1, 0.15) is 6.04 Å². The monoisotopic (exact) mass is 256 g/mol. The maximum atomic E-state index is 11.7. The van der Waals surface area contributed by atoms with E-state index in [1.54, 1.807) is 0 Å². The van der Waals surface area contributed by atoms with Gasteiger partial charge in [-0.2, -0.15) is 0 Å². The normalized spacial score (nSPS) is 16.7. The van der Waals surface area contributed by atoms with E-state index in [1.807, 2.05) is 6.92 Å². The number of rotatable bonds is 7. The summed E-state index contributed by atoms with van der Waals surface area (Å²) >= 11 is 0. The van der Waals surface area contributed by atoms with Crippen molar-refractivity contribution in [2.24, 2.45) is 0 Å². The third kappa shape index (κ3) is 4.35. The first-order valence-corrected chi connectivity index (χ1v) is 6.34. The molecule has 6 heteroatoms. The van der Waals surface area contributed by atoms with Gasteiger partial charge >= 0.3 is 5.97 Å². The molecule has 1 unspecified atom stereocenters. The van der Waals surface area contributed by atoms with Crippen LogP contribution < -0.4 is 5.32 Å². The van der Waals surface area contributed by atoms with Crippen LogP contribution in [0.25, 0.3) is 0 Å². The van der Waals surface area contributed by atoms with Crippen molar-refractivity contribution < 1.29 is 19.5 Å². The second-order valence-corrected chi connectivity index (χ2v) is 4.52. The van der Waals surface area contributed by atoms with Crippen molar-refractivity contribution in [3.05, 3.63) is 0 Å². The first kappa shape index (κ1) is 14.5. The smallest absolute Gasteiger partial charge is 0.326 e. The number of carbonyl (C=O) groups excluding carboxylic acids is 2. The Balaban J connectivity index is 2.40. The third-order valence-corrected chi connectivity index (χ3v) is 2.99.